The Morgan fingerprint density at radius 3 is 3.00 bits per heavy atom. The summed E-state index contributed by atoms with van der Waals surface area (Å²) >= 11 is 5.71. The summed E-state index contributed by atoms with van der Waals surface area (Å²) in [4.78, 5) is 7.80. The van der Waals surface area contributed by atoms with E-state index < -0.39 is 18.4 Å². The Hall–Kier alpha value is -1.48. The Kier molecular flexibility index (Phi) is 3.02. The van der Waals surface area contributed by atoms with Gasteiger partial charge in [0.1, 0.15) is 11.9 Å². The van der Waals surface area contributed by atoms with E-state index in [4.69, 9.17) is 27.2 Å². The van der Waals surface area contributed by atoms with Crippen LogP contribution in [0.4, 0.5) is 5.82 Å². The van der Waals surface area contributed by atoms with Gasteiger partial charge in [0.05, 0.1) is 18.1 Å². The van der Waals surface area contributed by atoms with Crippen molar-refractivity contribution in [1.29, 1.82) is 0 Å². The van der Waals surface area contributed by atoms with E-state index in [9.17, 15) is 5.11 Å². The Balaban J connectivity index is 1.96. The largest absolute Gasteiger partial charge is 0.394 e. The molecule has 1 fully saturated rings. The molecule has 2 aromatic rings. The predicted octanol–water partition coefficient (Wildman–Crippen LogP) is -0.297. The lowest BCUT2D eigenvalue weighted by Gasteiger charge is -2.11. The molecule has 0 bridgehead atoms. The average molecular weight is 286 g/mol. The van der Waals surface area contributed by atoms with Crippen LogP contribution < -0.4 is 5.73 Å². The van der Waals surface area contributed by atoms with Crippen LogP contribution in [0.15, 0.2) is 6.20 Å². The smallest absolute Gasteiger partial charge is 0.226 e. The molecule has 19 heavy (non-hydrogen) atoms. The summed E-state index contributed by atoms with van der Waals surface area (Å²) in [6.45, 7) is -0.244. The minimum atomic E-state index is -0.727. The fourth-order valence-electron chi connectivity index (χ4n) is 2.11. The maximum atomic E-state index is 9.69. The molecule has 0 radical (unpaired) electrons. The lowest BCUT2D eigenvalue weighted by molar-refractivity contribution is -0.0482. The van der Waals surface area contributed by atoms with E-state index >= 15 is 0 Å². The van der Waals surface area contributed by atoms with Crippen molar-refractivity contribution >= 4 is 28.5 Å². The molecular formula is C10H12ClN5O3. The lowest BCUT2D eigenvalue weighted by Crippen LogP contribution is -2.24. The van der Waals surface area contributed by atoms with E-state index in [1.807, 2.05) is 0 Å². The van der Waals surface area contributed by atoms with Crippen LogP contribution in [0.25, 0.3) is 11.0 Å². The number of rotatable bonds is 2. The molecule has 8 nitrogen and oxygen atoms in total. The van der Waals surface area contributed by atoms with Crippen LogP contribution in [0.3, 0.4) is 0 Å². The zero-order valence-electron chi connectivity index (χ0n) is 9.77. The normalized spacial score (nSPS) is 27.2. The Labute approximate surface area is 112 Å². The Morgan fingerprint density at radius 1 is 1.53 bits per heavy atom. The van der Waals surface area contributed by atoms with Crippen LogP contribution in [0.5, 0.6) is 0 Å². The summed E-state index contributed by atoms with van der Waals surface area (Å²) in [5.41, 5.74) is 6.09. The summed E-state index contributed by atoms with van der Waals surface area (Å²) < 4.78 is 6.99. The van der Waals surface area contributed by atoms with Gasteiger partial charge in [0.15, 0.2) is 11.9 Å². The van der Waals surface area contributed by atoms with Gasteiger partial charge in [-0.05, 0) is 11.6 Å². The van der Waals surface area contributed by atoms with Gasteiger partial charge in [-0.3, -0.25) is 0 Å². The number of nitrogens with zero attached hydrogens (tertiary/aromatic N) is 4. The van der Waals surface area contributed by atoms with Crippen molar-refractivity contribution in [3.8, 4) is 0 Å². The number of nitrogen functional groups attached to an aromatic ring is 1. The standard InChI is InChI=1S/C10H12ClN5O3/c11-10-13-8(12)4-2-16(15-9(4)14-10)7-1-5(18)6(3-17)19-7/h2,5-7,17-18H,1,3H2,(H2,12,13,14,15)/t5-,6+,7+/m0/s1. The third-order valence-corrected chi connectivity index (χ3v) is 3.25. The quantitative estimate of drug-likeness (QED) is 0.648. The highest BCUT2D eigenvalue weighted by atomic mass is 35.5. The predicted molar refractivity (Wildman–Crippen MR) is 66.4 cm³/mol. The van der Waals surface area contributed by atoms with Crippen molar-refractivity contribution in [2.45, 2.75) is 24.9 Å². The first-order valence-electron chi connectivity index (χ1n) is 5.70. The second kappa shape index (κ2) is 4.57. The minimum absolute atomic E-state index is 0.0239. The maximum Gasteiger partial charge on any atom is 0.226 e. The third kappa shape index (κ3) is 2.12. The van der Waals surface area contributed by atoms with Crippen molar-refractivity contribution in [3.05, 3.63) is 11.5 Å². The van der Waals surface area contributed by atoms with Crippen LogP contribution in [-0.2, 0) is 4.74 Å². The first kappa shape index (κ1) is 12.5. The molecule has 1 aliphatic heterocycles. The monoisotopic (exact) mass is 285 g/mol. The van der Waals surface area contributed by atoms with Crippen LogP contribution >= 0.6 is 11.6 Å². The minimum Gasteiger partial charge on any atom is -0.394 e. The van der Waals surface area contributed by atoms with Crippen molar-refractivity contribution < 1.29 is 14.9 Å². The molecule has 0 saturated carbocycles. The number of nitrogens with two attached hydrogens (primary N) is 1. The number of aliphatic hydroxyl groups is 2. The number of aromatic nitrogens is 4. The van der Waals surface area contributed by atoms with Crippen molar-refractivity contribution in [3.63, 3.8) is 0 Å². The van der Waals surface area contributed by atoms with E-state index in [1.165, 1.54) is 4.68 Å². The van der Waals surface area contributed by atoms with Gasteiger partial charge in [0.25, 0.3) is 0 Å². The van der Waals surface area contributed by atoms with Gasteiger partial charge >= 0.3 is 0 Å². The molecule has 102 valence electrons. The SMILES string of the molecule is Nc1nc(Cl)nc2nn([C@H]3C[C@H](O)[C@@H](CO)O3)cc12. The van der Waals surface area contributed by atoms with Crippen molar-refractivity contribution in [1.82, 2.24) is 19.7 Å². The molecule has 1 aliphatic rings. The number of anilines is 1. The number of aliphatic hydroxyl groups excluding tert-OH is 2. The fraction of sp³-hybridized carbons (Fsp3) is 0.500. The Bertz CT molecular complexity index is 618. The maximum absolute atomic E-state index is 9.69. The summed E-state index contributed by atoms with van der Waals surface area (Å²) in [5, 5.41) is 23.5. The van der Waals surface area contributed by atoms with Crippen LogP contribution in [-0.4, -0.2) is 48.8 Å². The summed E-state index contributed by atoms with van der Waals surface area (Å²) in [6, 6.07) is 0. The van der Waals surface area contributed by atoms with Gasteiger partial charge in [0.2, 0.25) is 5.28 Å². The number of ether oxygens (including phenoxy) is 1. The summed E-state index contributed by atoms with van der Waals surface area (Å²) in [6.07, 6.45) is 0.163. The van der Waals surface area contributed by atoms with E-state index in [0.29, 0.717) is 17.5 Å². The molecule has 0 spiro atoms. The van der Waals surface area contributed by atoms with E-state index in [1.54, 1.807) is 6.20 Å². The Morgan fingerprint density at radius 2 is 2.32 bits per heavy atom. The van der Waals surface area contributed by atoms with Crippen LogP contribution in [0.2, 0.25) is 5.28 Å². The molecule has 4 N–H and O–H groups in total. The van der Waals surface area contributed by atoms with Gasteiger partial charge in [-0.2, -0.15) is 4.98 Å². The van der Waals surface area contributed by atoms with Gasteiger partial charge in [0, 0.05) is 12.6 Å². The lowest BCUT2D eigenvalue weighted by atomic mass is 10.2. The van der Waals surface area contributed by atoms with E-state index in [-0.39, 0.29) is 17.7 Å². The number of hydrogen-bond acceptors (Lipinski definition) is 7. The average Bonchev–Trinajstić information content (AvgIpc) is 2.92. The van der Waals surface area contributed by atoms with Crippen LogP contribution in [0, 0.1) is 0 Å². The van der Waals surface area contributed by atoms with Gasteiger partial charge in [-0.1, -0.05) is 0 Å². The van der Waals surface area contributed by atoms with Gasteiger partial charge < -0.3 is 20.7 Å². The molecule has 0 amide bonds. The molecule has 0 unspecified atom stereocenters. The second-order valence-corrected chi connectivity index (χ2v) is 4.68. The highest BCUT2D eigenvalue weighted by Crippen LogP contribution is 2.30. The second-order valence-electron chi connectivity index (χ2n) is 4.34. The summed E-state index contributed by atoms with van der Waals surface area (Å²) in [5.74, 6) is 0.235. The molecule has 3 atom stereocenters. The molecule has 1 saturated heterocycles. The highest BCUT2D eigenvalue weighted by Gasteiger charge is 2.35. The van der Waals surface area contributed by atoms with Gasteiger partial charge in [-0.25, -0.2) is 9.67 Å². The highest BCUT2D eigenvalue weighted by molar-refractivity contribution is 6.28. The number of halogens is 1. The molecule has 3 heterocycles. The first-order chi connectivity index (χ1) is 9.08. The van der Waals surface area contributed by atoms with Crippen molar-refractivity contribution in [2.75, 3.05) is 12.3 Å². The molecule has 9 heteroatoms. The fourth-order valence-corrected chi connectivity index (χ4v) is 2.28. The van der Waals surface area contributed by atoms with E-state index in [2.05, 4.69) is 15.1 Å². The summed E-state index contributed by atoms with van der Waals surface area (Å²) in [7, 11) is 0. The zero-order valence-corrected chi connectivity index (χ0v) is 10.5. The number of hydrogen-bond donors (Lipinski definition) is 3. The molecule has 0 aliphatic carbocycles. The van der Waals surface area contributed by atoms with E-state index in [0.717, 1.165) is 0 Å². The van der Waals surface area contributed by atoms with Crippen LogP contribution in [0.1, 0.15) is 12.6 Å². The topological polar surface area (TPSA) is 119 Å². The van der Waals surface area contributed by atoms with Gasteiger partial charge in [-0.15, -0.1) is 5.10 Å². The first-order valence-corrected chi connectivity index (χ1v) is 6.08. The number of fused-ring (bicyclic) bond motifs is 1. The van der Waals surface area contributed by atoms with Crippen molar-refractivity contribution in [2.24, 2.45) is 0 Å². The molecule has 2 aromatic heterocycles. The molecular weight excluding hydrogens is 274 g/mol. The third-order valence-electron chi connectivity index (χ3n) is 3.08. The molecule has 3 rings (SSSR count). The molecule has 0 aromatic carbocycles. The zero-order chi connectivity index (χ0) is 13.6.